The van der Waals surface area contributed by atoms with Crippen molar-refractivity contribution in [2.24, 2.45) is 5.92 Å². The number of amides is 2. The van der Waals surface area contributed by atoms with E-state index in [4.69, 9.17) is 4.74 Å². The minimum atomic E-state index is -0.0438. The Morgan fingerprint density at radius 1 is 1.23 bits per heavy atom. The molecule has 0 unspecified atom stereocenters. The molecule has 1 aromatic rings. The van der Waals surface area contributed by atoms with Crippen molar-refractivity contribution >= 4 is 11.8 Å². The van der Waals surface area contributed by atoms with Crippen molar-refractivity contribution in [3.63, 3.8) is 0 Å². The van der Waals surface area contributed by atoms with Crippen LogP contribution < -0.4 is 10.1 Å². The van der Waals surface area contributed by atoms with Gasteiger partial charge in [0.25, 0.3) is 5.91 Å². The summed E-state index contributed by atoms with van der Waals surface area (Å²) >= 11 is 0. The number of nitrogens with one attached hydrogen (secondary N) is 1. The summed E-state index contributed by atoms with van der Waals surface area (Å²) in [5, 5.41) is 3.25. The van der Waals surface area contributed by atoms with Gasteiger partial charge in [-0.3, -0.25) is 9.59 Å². The molecule has 1 aliphatic rings. The summed E-state index contributed by atoms with van der Waals surface area (Å²) in [6.45, 7) is 8.55. The molecule has 2 amide bonds. The SMILES string of the molecule is COc1cccc(C(=O)N(CCC(=O)N2CCNCC2)CCC(C)C)c1. The molecule has 1 heterocycles. The number of piperazine rings is 1. The summed E-state index contributed by atoms with van der Waals surface area (Å²) in [5.41, 5.74) is 0.600. The molecule has 0 atom stereocenters. The molecule has 0 spiro atoms. The Bertz CT molecular complexity index is 598. The Kier molecular flexibility index (Phi) is 7.91. The Morgan fingerprint density at radius 2 is 1.96 bits per heavy atom. The quantitative estimate of drug-likeness (QED) is 0.769. The summed E-state index contributed by atoms with van der Waals surface area (Å²) in [5.74, 6) is 1.24. The smallest absolute Gasteiger partial charge is 0.254 e. The fraction of sp³-hybridized carbons (Fsp3) is 0.600. The predicted octanol–water partition coefficient (Wildman–Crippen LogP) is 2.01. The van der Waals surface area contributed by atoms with E-state index in [1.807, 2.05) is 17.0 Å². The first kappa shape index (κ1) is 20.2. The Balaban J connectivity index is 2.01. The Labute approximate surface area is 156 Å². The highest BCUT2D eigenvalue weighted by molar-refractivity contribution is 5.94. The van der Waals surface area contributed by atoms with Crippen molar-refractivity contribution in [2.75, 3.05) is 46.4 Å². The molecule has 1 N–H and O–H groups in total. The summed E-state index contributed by atoms with van der Waals surface area (Å²) < 4.78 is 5.22. The van der Waals surface area contributed by atoms with Crippen molar-refractivity contribution in [3.05, 3.63) is 29.8 Å². The maximum Gasteiger partial charge on any atom is 0.254 e. The van der Waals surface area contributed by atoms with Gasteiger partial charge in [0.1, 0.15) is 5.75 Å². The topological polar surface area (TPSA) is 61.9 Å². The zero-order chi connectivity index (χ0) is 18.9. The van der Waals surface area contributed by atoms with E-state index in [1.165, 1.54) is 0 Å². The van der Waals surface area contributed by atoms with Crippen molar-refractivity contribution in [1.82, 2.24) is 15.1 Å². The molecule has 0 aliphatic carbocycles. The lowest BCUT2D eigenvalue weighted by molar-refractivity contribution is -0.131. The van der Waals surface area contributed by atoms with E-state index >= 15 is 0 Å². The number of carbonyl (C=O) groups excluding carboxylic acids is 2. The molecule has 26 heavy (non-hydrogen) atoms. The van der Waals surface area contributed by atoms with Crippen LogP contribution in [0.25, 0.3) is 0 Å². The third-order valence-electron chi connectivity index (χ3n) is 4.65. The van der Waals surface area contributed by atoms with E-state index in [2.05, 4.69) is 19.2 Å². The summed E-state index contributed by atoms with van der Waals surface area (Å²) in [6.07, 6.45) is 1.28. The van der Waals surface area contributed by atoms with Gasteiger partial charge in [-0.05, 0) is 30.5 Å². The first-order chi connectivity index (χ1) is 12.5. The first-order valence-corrected chi connectivity index (χ1v) is 9.43. The lowest BCUT2D eigenvalue weighted by Crippen LogP contribution is -2.47. The highest BCUT2D eigenvalue weighted by Gasteiger charge is 2.21. The molecule has 6 nitrogen and oxygen atoms in total. The fourth-order valence-corrected chi connectivity index (χ4v) is 2.97. The van der Waals surface area contributed by atoms with Crippen LogP contribution in [0.5, 0.6) is 5.75 Å². The van der Waals surface area contributed by atoms with Crippen LogP contribution in [0.1, 0.15) is 37.0 Å². The monoisotopic (exact) mass is 361 g/mol. The number of rotatable bonds is 8. The largest absolute Gasteiger partial charge is 0.497 e. The number of carbonyl (C=O) groups is 2. The molecule has 144 valence electrons. The van der Waals surface area contributed by atoms with Crippen molar-refractivity contribution in [3.8, 4) is 5.75 Å². The van der Waals surface area contributed by atoms with Crippen LogP contribution in [0.15, 0.2) is 24.3 Å². The second-order valence-electron chi connectivity index (χ2n) is 7.09. The number of ether oxygens (including phenoxy) is 1. The number of methoxy groups -OCH3 is 1. The molecular weight excluding hydrogens is 330 g/mol. The number of hydrogen-bond donors (Lipinski definition) is 1. The van der Waals surface area contributed by atoms with Crippen LogP contribution in [0.4, 0.5) is 0 Å². The van der Waals surface area contributed by atoms with Crippen LogP contribution >= 0.6 is 0 Å². The number of benzene rings is 1. The first-order valence-electron chi connectivity index (χ1n) is 9.43. The second kappa shape index (κ2) is 10.2. The highest BCUT2D eigenvalue weighted by Crippen LogP contribution is 2.16. The van der Waals surface area contributed by atoms with Gasteiger partial charge in [-0.25, -0.2) is 0 Å². The van der Waals surface area contributed by atoms with Crippen molar-refractivity contribution in [1.29, 1.82) is 0 Å². The van der Waals surface area contributed by atoms with Gasteiger partial charge in [0.15, 0.2) is 0 Å². The maximum absolute atomic E-state index is 12.9. The van der Waals surface area contributed by atoms with Crippen LogP contribution in [-0.2, 0) is 4.79 Å². The minimum absolute atomic E-state index is 0.0438. The van der Waals surface area contributed by atoms with Gasteiger partial charge in [-0.1, -0.05) is 19.9 Å². The lowest BCUT2D eigenvalue weighted by atomic mass is 10.1. The average Bonchev–Trinajstić information content (AvgIpc) is 2.67. The van der Waals surface area contributed by atoms with Crippen LogP contribution in [0.3, 0.4) is 0 Å². The predicted molar refractivity (Wildman–Crippen MR) is 102 cm³/mol. The summed E-state index contributed by atoms with van der Waals surface area (Å²) in [7, 11) is 1.59. The third-order valence-corrected chi connectivity index (χ3v) is 4.65. The van der Waals surface area contributed by atoms with Crippen LogP contribution in [0, 0.1) is 5.92 Å². The molecule has 0 saturated carbocycles. The van der Waals surface area contributed by atoms with E-state index in [0.29, 0.717) is 36.7 Å². The van der Waals surface area contributed by atoms with E-state index in [-0.39, 0.29) is 11.8 Å². The summed E-state index contributed by atoms with van der Waals surface area (Å²) in [4.78, 5) is 29.1. The molecule has 1 saturated heterocycles. The van der Waals surface area contributed by atoms with Gasteiger partial charge < -0.3 is 19.9 Å². The fourth-order valence-electron chi connectivity index (χ4n) is 2.97. The van der Waals surface area contributed by atoms with Crippen molar-refractivity contribution < 1.29 is 14.3 Å². The third kappa shape index (κ3) is 6.02. The Hall–Kier alpha value is -2.08. The molecule has 1 fully saturated rings. The molecule has 0 aromatic heterocycles. The van der Waals surface area contributed by atoms with E-state index in [0.717, 1.165) is 32.6 Å². The molecule has 2 rings (SSSR count). The van der Waals surface area contributed by atoms with E-state index < -0.39 is 0 Å². The Morgan fingerprint density at radius 3 is 2.62 bits per heavy atom. The minimum Gasteiger partial charge on any atom is -0.497 e. The molecule has 6 heteroatoms. The average molecular weight is 361 g/mol. The number of nitrogens with zero attached hydrogens (tertiary/aromatic N) is 2. The van der Waals surface area contributed by atoms with Gasteiger partial charge in [0.05, 0.1) is 7.11 Å². The lowest BCUT2D eigenvalue weighted by Gasteiger charge is -2.29. The van der Waals surface area contributed by atoms with E-state index in [9.17, 15) is 9.59 Å². The maximum atomic E-state index is 12.9. The van der Waals surface area contributed by atoms with Gasteiger partial charge in [-0.2, -0.15) is 0 Å². The molecule has 1 aliphatic heterocycles. The van der Waals surface area contributed by atoms with Gasteiger partial charge in [0, 0.05) is 51.3 Å². The van der Waals surface area contributed by atoms with Gasteiger partial charge >= 0.3 is 0 Å². The molecule has 0 bridgehead atoms. The van der Waals surface area contributed by atoms with Crippen LogP contribution in [0.2, 0.25) is 0 Å². The van der Waals surface area contributed by atoms with Gasteiger partial charge in [-0.15, -0.1) is 0 Å². The van der Waals surface area contributed by atoms with Crippen LogP contribution in [-0.4, -0.2) is 68.0 Å². The zero-order valence-corrected chi connectivity index (χ0v) is 16.2. The van der Waals surface area contributed by atoms with Crippen molar-refractivity contribution in [2.45, 2.75) is 26.7 Å². The van der Waals surface area contributed by atoms with E-state index in [1.54, 1.807) is 24.1 Å². The number of hydrogen-bond acceptors (Lipinski definition) is 4. The molecule has 0 radical (unpaired) electrons. The standard InChI is InChI=1S/C20H31N3O3/c1-16(2)7-11-23(12-8-19(24)22-13-9-21-10-14-22)20(25)17-5-4-6-18(15-17)26-3/h4-6,15-16,21H,7-14H2,1-3H3. The molecular formula is C20H31N3O3. The second-order valence-corrected chi connectivity index (χ2v) is 7.09. The highest BCUT2D eigenvalue weighted by atomic mass is 16.5. The van der Waals surface area contributed by atoms with Gasteiger partial charge in [0.2, 0.25) is 5.91 Å². The normalized spacial score (nSPS) is 14.4. The zero-order valence-electron chi connectivity index (χ0n) is 16.2. The summed E-state index contributed by atoms with van der Waals surface area (Å²) in [6, 6.07) is 7.19. The molecule has 1 aromatic carbocycles.